The van der Waals surface area contributed by atoms with Gasteiger partial charge in [0.05, 0.1) is 5.56 Å². The molecule has 4 heteroatoms. The van der Waals surface area contributed by atoms with Crippen LogP contribution < -0.4 is 4.90 Å². The molecular weight excluding hydrogens is 260 g/mol. The number of rotatable bonds is 1. The molecule has 0 aromatic carbocycles. The number of aryl methyl sites for hydroxylation is 2. The first-order valence-electron chi connectivity index (χ1n) is 8.20. The minimum Gasteiger partial charge on any atom is -0.350 e. The lowest BCUT2D eigenvalue weighted by molar-refractivity contribution is 0.202. The number of nitrogens with zero attached hydrogens (tertiary/aromatic N) is 4. The lowest BCUT2D eigenvalue weighted by Crippen LogP contribution is -2.55. The van der Waals surface area contributed by atoms with E-state index in [9.17, 15) is 5.26 Å². The average Bonchev–Trinajstić information content (AvgIpc) is 3.12. The van der Waals surface area contributed by atoms with Crippen molar-refractivity contribution < 1.29 is 0 Å². The van der Waals surface area contributed by atoms with Crippen molar-refractivity contribution in [2.24, 2.45) is 0 Å². The molecule has 2 saturated heterocycles. The van der Waals surface area contributed by atoms with Crippen molar-refractivity contribution in [1.82, 2.24) is 9.88 Å². The molecule has 2 atom stereocenters. The second-order valence-corrected chi connectivity index (χ2v) is 6.72. The summed E-state index contributed by atoms with van der Waals surface area (Å²) in [6, 6.07) is 5.58. The molecule has 110 valence electrons. The highest BCUT2D eigenvalue weighted by Gasteiger charge is 2.36. The van der Waals surface area contributed by atoms with Crippen molar-refractivity contribution in [3.63, 3.8) is 0 Å². The SMILES string of the molecule is CC1CN2CCCC2CN1c1nc2c(cc1C#N)CCC2. The lowest BCUT2D eigenvalue weighted by atomic mass is 10.1. The number of anilines is 1. The van der Waals surface area contributed by atoms with Gasteiger partial charge in [0, 0.05) is 30.9 Å². The summed E-state index contributed by atoms with van der Waals surface area (Å²) < 4.78 is 0. The molecule has 4 rings (SSSR count). The molecule has 1 aromatic rings. The molecule has 2 fully saturated rings. The van der Waals surface area contributed by atoms with Crippen LogP contribution in [0.4, 0.5) is 5.82 Å². The third kappa shape index (κ3) is 2.11. The highest BCUT2D eigenvalue weighted by atomic mass is 15.3. The molecule has 2 aliphatic heterocycles. The predicted octanol–water partition coefficient (Wildman–Crippen LogP) is 2.11. The van der Waals surface area contributed by atoms with Crippen LogP contribution in [0.2, 0.25) is 0 Å². The zero-order valence-corrected chi connectivity index (χ0v) is 12.7. The van der Waals surface area contributed by atoms with Gasteiger partial charge < -0.3 is 4.90 Å². The molecular formula is C17H22N4. The molecule has 0 spiro atoms. The summed E-state index contributed by atoms with van der Waals surface area (Å²) in [6.07, 6.45) is 5.95. The van der Waals surface area contributed by atoms with Crippen LogP contribution in [0.3, 0.4) is 0 Å². The second kappa shape index (κ2) is 4.99. The van der Waals surface area contributed by atoms with E-state index in [1.807, 2.05) is 0 Å². The summed E-state index contributed by atoms with van der Waals surface area (Å²) >= 11 is 0. The van der Waals surface area contributed by atoms with Crippen LogP contribution in [0.15, 0.2) is 6.07 Å². The molecule has 0 amide bonds. The van der Waals surface area contributed by atoms with Gasteiger partial charge in [-0.1, -0.05) is 0 Å². The zero-order chi connectivity index (χ0) is 14.4. The number of pyridine rings is 1. The maximum Gasteiger partial charge on any atom is 0.147 e. The topological polar surface area (TPSA) is 43.2 Å². The smallest absolute Gasteiger partial charge is 0.147 e. The monoisotopic (exact) mass is 282 g/mol. The van der Waals surface area contributed by atoms with Crippen LogP contribution in [-0.4, -0.2) is 41.6 Å². The van der Waals surface area contributed by atoms with E-state index in [4.69, 9.17) is 4.98 Å². The summed E-state index contributed by atoms with van der Waals surface area (Å²) in [4.78, 5) is 9.90. The molecule has 2 unspecified atom stereocenters. The molecule has 1 aliphatic carbocycles. The third-order valence-corrected chi connectivity index (χ3v) is 5.36. The van der Waals surface area contributed by atoms with Gasteiger partial charge in [-0.05, 0) is 57.2 Å². The van der Waals surface area contributed by atoms with E-state index in [-0.39, 0.29) is 0 Å². The van der Waals surface area contributed by atoms with Crippen LogP contribution in [0.5, 0.6) is 0 Å². The lowest BCUT2D eigenvalue weighted by Gasteiger charge is -2.43. The highest BCUT2D eigenvalue weighted by Crippen LogP contribution is 2.32. The summed E-state index contributed by atoms with van der Waals surface area (Å²) in [5.74, 6) is 0.942. The fourth-order valence-electron chi connectivity index (χ4n) is 4.24. The molecule has 3 aliphatic rings. The summed E-state index contributed by atoms with van der Waals surface area (Å²) in [5, 5.41) is 9.53. The molecule has 3 heterocycles. The van der Waals surface area contributed by atoms with Gasteiger partial charge in [-0.2, -0.15) is 5.26 Å². The Morgan fingerprint density at radius 2 is 2.19 bits per heavy atom. The molecule has 4 nitrogen and oxygen atoms in total. The average molecular weight is 282 g/mol. The molecule has 1 aromatic heterocycles. The molecule has 21 heavy (non-hydrogen) atoms. The van der Waals surface area contributed by atoms with E-state index < -0.39 is 0 Å². The van der Waals surface area contributed by atoms with Gasteiger partial charge in [-0.25, -0.2) is 4.98 Å². The fourth-order valence-corrected chi connectivity index (χ4v) is 4.24. The van der Waals surface area contributed by atoms with Gasteiger partial charge >= 0.3 is 0 Å². The number of hydrogen-bond donors (Lipinski definition) is 0. The van der Waals surface area contributed by atoms with E-state index in [1.165, 1.54) is 37.1 Å². The summed E-state index contributed by atoms with van der Waals surface area (Å²) in [6.45, 7) is 5.64. The zero-order valence-electron chi connectivity index (χ0n) is 12.7. The normalized spacial score (nSPS) is 28.3. The maximum absolute atomic E-state index is 9.53. The Labute approximate surface area is 126 Å². The fraction of sp³-hybridized carbons (Fsp3) is 0.647. The van der Waals surface area contributed by atoms with Crippen molar-refractivity contribution in [3.8, 4) is 6.07 Å². The number of nitriles is 1. The molecule has 0 bridgehead atoms. The Balaban J connectivity index is 1.70. The second-order valence-electron chi connectivity index (χ2n) is 6.72. The Morgan fingerprint density at radius 3 is 3.05 bits per heavy atom. The van der Waals surface area contributed by atoms with Crippen molar-refractivity contribution in [3.05, 3.63) is 22.9 Å². The van der Waals surface area contributed by atoms with E-state index in [0.29, 0.717) is 12.1 Å². The first-order valence-corrected chi connectivity index (χ1v) is 8.20. The van der Waals surface area contributed by atoms with Crippen LogP contribution in [0.1, 0.15) is 43.0 Å². The standard InChI is InChI=1S/C17H22N4/c1-12-10-20-7-3-5-15(20)11-21(12)17-14(9-18)8-13-4-2-6-16(13)19-17/h8,12,15H,2-7,10-11H2,1H3. The minimum absolute atomic E-state index is 0.443. The number of hydrogen-bond acceptors (Lipinski definition) is 4. The highest BCUT2D eigenvalue weighted by molar-refractivity contribution is 5.58. The summed E-state index contributed by atoms with van der Waals surface area (Å²) in [5.41, 5.74) is 3.29. The first-order chi connectivity index (χ1) is 10.3. The van der Waals surface area contributed by atoms with Crippen LogP contribution >= 0.6 is 0 Å². The van der Waals surface area contributed by atoms with Crippen molar-refractivity contribution in [2.45, 2.75) is 51.1 Å². The van der Waals surface area contributed by atoms with E-state index in [2.05, 4.69) is 28.9 Å². The molecule has 0 N–H and O–H groups in total. The number of aromatic nitrogens is 1. The Kier molecular flexibility index (Phi) is 3.11. The van der Waals surface area contributed by atoms with E-state index >= 15 is 0 Å². The Bertz CT molecular complexity index is 604. The maximum atomic E-state index is 9.53. The van der Waals surface area contributed by atoms with Crippen LogP contribution in [0.25, 0.3) is 0 Å². The molecule has 0 saturated carbocycles. The summed E-state index contributed by atoms with van der Waals surface area (Å²) in [7, 11) is 0. The van der Waals surface area contributed by atoms with Gasteiger partial charge in [0.25, 0.3) is 0 Å². The Hall–Kier alpha value is -1.60. The van der Waals surface area contributed by atoms with Gasteiger partial charge in [-0.15, -0.1) is 0 Å². The van der Waals surface area contributed by atoms with Crippen LogP contribution in [-0.2, 0) is 12.8 Å². The largest absolute Gasteiger partial charge is 0.350 e. The predicted molar refractivity (Wildman–Crippen MR) is 82.4 cm³/mol. The minimum atomic E-state index is 0.443. The van der Waals surface area contributed by atoms with Crippen molar-refractivity contribution in [2.75, 3.05) is 24.5 Å². The van der Waals surface area contributed by atoms with E-state index in [1.54, 1.807) is 0 Å². The quantitative estimate of drug-likeness (QED) is 0.791. The first kappa shape index (κ1) is 13.1. The third-order valence-electron chi connectivity index (χ3n) is 5.36. The number of piperazine rings is 1. The van der Waals surface area contributed by atoms with E-state index in [0.717, 1.165) is 37.3 Å². The van der Waals surface area contributed by atoms with Gasteiger partial charge in [0.2, 0.25) is 0 Å². The van der Waals surface area contributed by atoms with Gasteiger partial charge in [0.15, 0.2) is 0 Å². The van der Waals surface area contributed by atoms with Crippen molar-refractivity contribution >= 4 is 5.82 Å². The Morgan fingerprint density at radius 1 is 1.29 bits per heavy atom. The van der Waals surface area contributed by atoms with Crippen LogP contribution in [0, 0.1) is 11.3 Å². The van der Waals surface area contributed by atoms with Gasteiger partial charge in [0.1, 0.15) is 11.9 Å². The molecule has 0 radical (unpaired) electrons. The number of fused-ring (bicyclic) bond motifs is 2. The van der Waals surface area contributed by atoms with Crippen molar-refractivity contribution in [1.29, 1.82) is 5.26 Å². The van der Waals surface area contributed by atoms with Gasteiger partial charge in [-0.3, -0.25) is 4.90 Å².